The number of benzene rings is 3. The predicted octanol–water partition coefficient (Wildman–Crippen LogP) is 7.24. The van der Waals surface area contributed by atoms with Crippen molar-refractivity contribution >= 4 is 62.5 Å². The molecule has 0 N–H and O–H groups in total. The topological polar surface area (TPSA) is 88.4 Å². The second-order valence-corrected chi connectivity index (χ2v) is 13.3. The van der Waals surface area contributed by atoms with Crippen molar-refractivity contribution in [1.29, 1.82) is 0 Å². The summed E-state index contributed by atoms with van der Waals surface area (Å²) >= 11 is 17.2. The second kappa shape index (κ2) is 14.5. The first-order valence-corrected chi connectivity index (χ1v) is 16.8. The first kappa shape index (κ1) is 33.8. The molecule has 0 radical (unpaired) electrons. The maximum Gasteiger partial charge on any atom is 0.338 e. The molecule has 3 aromatic carbocycles. The molecular weight excluding hydrogens is 715 g/mol. The van der Waals surface area contributed by atoms with Crippen molar-refractivity contribution in [2.45, 2.75) is 46.4 Å². The highest BCUT2D eigenvalue weighted by Gasteiger charge is 2.33. The zero-order valence-corrected chi connectivity index (χ0v) is 29.6. The first-order chi connectivity index (χ1) is 22.0. The molecule has 0 aliphatic carbocycles. The Morgan fingerprint density at radius 1 is 1.13 bits per heavy atom. The van der Waals surface area contributed by atoms with Gasteiger partial charge >= 0.3 is 5.97 Å². The van der Waals surface area contributed by atoms with E-state index in [4.69, 9.17) is 42.1 Å². The minimum atomic E-state index is -0.734. The van der Waals surface area contributed by atoms with Crippen LogP contribution in [0.2, 0.25) is 10.0 Å². The average Bonchev–Trinajstić information content (AvgIpc) is 3.30. The van der Waals surface area contributed by atoms with Crippen LogP contribution in [-0.4, -0.2) is 30.4 Å². The molecule has 8 nitrogen and oxygen atoms in total. The van der Waals surface area contributed by atoms with Crippen LogP contribution in [0.3, 0.4) is 0 Å². The van der Waals surface area contributed by atoms with Crippen molar-refractivity contribution in [2.75, 3.05) is 13.7 Å². The molecule has 46 heavy (non-hydrogen) atoms. The van der Waals surface area contributed by atoms with E-state index < -0.39 is 12.0 Å². The highest BCUT2D eigenvalue weighted by atomic mass is 79.9. The van der Waals surface area contributed by atoms with Crippen molar-refractivity contribution in [3.05, 3.63) is 117 Å². The van der Waals surface area contributed by atoms with Gasteiger partial charge in [0.05, 0.1) is 46.1 Å². The molecule has 0 bridgehead atoms. The number of hydrogen-bond acceptors (Lipinski definition) is 8. The number of nitrogens with zero attached hydrogens (tertiary/aromatic N) is 2. The Morgan fingerprint density at radius 3 is 2.52 bits per heavy atom. The number of methoxy groups -OCH3 is 1. The standard InChI is InChI=1S/C34H31BrCl2N2O6S/c1-6-43-33(41)29-19(4)38-34-39(30(29)21-8-11-24(12-9-21)45-18(2)3)32(40)28(46-34)15-20-13-25(35)31(27(14-20)42-5)44-17-22-7-10-23(36)16-26(22)37/h7-16,18,30H,6,17H2,1-5H3/b28-15-/t30-/m1/s1. The number of esters is 1. The quantitative estimate of drug-likeness (QED) is 0.159. The molecule has 0 saturated heterocycles. The largest absolute Gasteiger partial charge is 0.493 e. The molecule has 0 spiro atoms. The summed E-state index contributed by atoms with van der Waals surface area (Å²) in [5.74, 6) is 1.11. The van der Waals surface area contributed by atoms with E-state index >= 15 is 0 Å². The van der Waals surface area contributed by atoms with Crippen LogP contribution in [0.25, 0.3) is 6.08 Å². The highest BCUT2D eigenvalue weighted by molar-refractivity contribution is 9.10. The molecule has 5 rings (SSSR count). The molecule has 1 atom stereocenters. The number of carbonyl (C=O) groups is 1. The lowest BCUT2D eigenvalue weighted by Gasteiger charge is -2.25. The summed E-state index contributed by atoms with van der Waals surface area (Å²) in [5, 5.41) is 1.03. The molecular formula is C34H31BrCl2N2O6S. The molecule has 4 aromatic rings. The van der Waals surface area contributed by atoms with Gasteiger partial charge < -0.3 is 18.9 Å². The van der Waals surface area contributed by atoms with Crippen molar-refractivity contribution in [3.8, 4) is 17.2 Å². The summed E-state index contributed by atoms with van der Waals surface area (Å²) in [6.07, 6.45) is 1.76. The SMILES string of the molecule is CCOC(=O)C1=C(C)N=c2s/c(=C\c3cc(Br)c(OCc4ccc(Cl)cc4Cl)c(OC)c3)c(=O)n2[C@@H]1c1ccc(OC(C)C)cc1. The van der Waals surface area contributed by atoms with Crippen LogP contribution in [0.15, 0.2) is 80.1 Å². The number of allylic oxidation sites excluding steroid dienone is 1. The van der Waals surface area contributed by atoms with Crippen LogP contribution >= 0.6 is 50.5 Å². The molecule has 1 aliphatic heterocycles. The van der Waals surface area contributed by atoms with Gasteiger partial charge in [0.25, 0.3) is 5.56 Å². The number of halogens is 3. The number of carbonyl (C=O) groups excluding carboxylic acids is 1. The van der Waals surface area contributed by atoms with E-state index in [1.165, 1.54) is 11.3 Å². The summed E-state index contributed by atoms with van der Waals surface area (Å²) in [6, 6.07) is 15.5. The third-order valence-corrected chi connectivity index (χ3v) is 9.18. The van der Waals surface area contributed by atoms with Crippen molar-refractivity contribution < 1.29 is 23.7 Å². The third kappa shape index (κ3) is 7.20. The maximum absolute atomic E-state index is 14.1. The lowest BCUT2D eigenvalue weighted by Crippen LogP contribution is -2.39. The first-order valence-electron chi connectivity index (χ1n) is 14.4. The fraction of sp³-hybridized carbons (Fsp3) is 0.265. The molecule has 0 amide bonds. The van der Waals surface area contributed by atoms with Gasteiger partial charge in [-0.25, -0.2) is 9.79 Å². The van der Waals surface area contributed by atoms with Gasteiger partial charge in [-0.15, -0.1) is 0 Å². The second-order valence-electron chi connectivity index (χ2n) is 10.6. The monoisotopic (exact) mass is 744 g/mol. The van der Waals surface area contributed by atoms with Gasteiger partial charge in [-0.2, -0.15) is 0 Å². The number of thiazole rings is 1. The molecule has 240 valence electrons. The number of hydrogen-bond donors (Lipinski definition) is 0. The molecule has 1 aliphatic rings. The number of fused-ring (bicyclic) bond motifs is 1. The summed E-state index contributed by atoms with van der Waals surface area (Å²) in [5.41, 5.74) is 2.69. The van der Waals surface area contributed by atoms with Gasteiger partial charge in [-0.05, 0) is 97.2 Å². The average molecular weight is 747 g/mol. The van der Waals surface area contributed by atoms with E-state index in [9.17, 15) is 9.59 Å². The van der Waals surface area contributed by atoms with E-state index in [2.05, 4.69) is 20.9 Å². The Hall–Kier alpha value is -3.57. The summed E-state index contributed by atoms with van der Waals surface area (Å²) in [4.78, 5) is 32.4. The lowest BCUT2D eigenvalue weighted by atomic mass is 9.96. The third-order valence-electron chi connectivity index (χ3n) is 7.02. The Labute approximate surface area is 288 Å². The van der Waals surface area contributed by atoms with Crippen LogP contribution in [0.1, 0.15) is 50.4 Å². The van der Waals surface area contributed by atoms with Crippen LogP contribution < -0.4 is 29.1 Å². The number of aromatic nitrogens is 1. The summed E-state index contributed by atoms with van der Waals surface area (Å²) in [7, 11) is 1.54. The lowest BCUT2D eigenvalue weighted by molar-refractivity contribution is -0.139. The summed E-state index contributed by atoms with van der Waals surface area (Å²) in [6.45, 7) is 7.77. The highest BCUT2D eigenvalue weighted by Crippen LogP contribution is 2.38. The predicted molar refractivity (Wildman–Crippen MR) is 184 cm³/mol. The van der Waals surface area contributed by atoms with Gasteiger partial charge in [0.15, 0.2) is 16.3 Å². The minimum absolute atomic E-state index is 0.00187. The van der Waals surface area contributed by atoms with Gasteiger partial charge in [-0.1, -0.05) is 52.7 Å². The van der Waals surface area contributed by atoms with E-state index in [1.54, 1.807) is 55.9 Å². The van der Waals surface area contributed by atoms with Gasteiger partial charge in [0.1, 0.15) is 12.4 Å². The summed E-state index contributed by atoms with van der Waals surface area (Å²) < 4.78 is 25.5. The molecule has 2 heterocycles. The molecule has 12 heteroatoms. The maximum atomic E-state index is 14.1. The molecule has 0 fully saturated rings. The Bertz CT molecular complexity index is 2000. The van der Waals surface area contributed by atoms with E-state index in [-0.39, 0.29) is 24.9 Å². The zero-order valence-electron chi connectivity index (χ0n) is 25.7. The normalized spacial score (nSPS) is 14.6. The zero-order chi connectivity index (χ0) is 33.1. The van der Waals surface area contributed by atoms with Crippen LogP contribution in [0.5, 0.6) is 17.2 Å². The Balaban J connectivity index is 1.56. The van der Waals surface area contributed by atoms with Crippen molar-refractivity contribution in [3.63, 3.8) is 0 Å². The van der Waals surface area contributed by atoms with Crippen LogP contribution in [0, 0.1) is 0 Å². The van der Waals surface area contributed by atoms with Gasteiger partial charge in [-0.3, -0.25) is 9.36 Å². The van der Waals surface area contributed by atoms with E-state index in [1.807, 2.05) is 44.2 Å². The van der Waals surface area contributed by atoms with Crippen LogP contribution in [-0.2, 0) is 16.1 Å². The fourth-order valence-electron chi connectivity index (χ4n) is 5.01. The molecule has 0 unspecified atom stereocenters. The van der Waals surface area contributed by atoms with Crippen molar-refractivity contribution in [1.82, 2.24) is 4.57 Å². The smallest absolute Gasteiger partial charge is 0.338 e. The Kier molecular flexibility index (Phi) is 10.6. The Morgan fingerprint density at radius 2 is 1.87 bits per heavy atom. The van der Waals surface area contributed by atoms with E-state index in [0.717, 1.165) is 11.1 Å². The molecule has 1 aromatic heterocycles. The van der Waals surface area contributed by atoms with Crippen molar-refractivity contribution in [2.24, 2.45) is 4.99 Å². The van der Waals surface area contributed by atoms with Crippen LogP contribution in [0.4, 0.5) is 0 Å². The minimum Gasteiger partial charge on any atom is -0.493 e. The number of ether oxygens (including phenoxy) is 4. The van der Waals surface area contributed by atoms with Gasteiger partial charge in [0, 0.05) is 15.6 Å². The number of rotatable bonds is 10. The molecule has 0 saturated carbocycles. The van der Waals surface area contributed by atoms with E-state index in [0.29, 0.717) is 57.9 Å². The van der Waals surface area contributed by atoms with Gasteiger partial charge in [0.2, 0.25) is 0 Å². The fourth-order valence-corrected chi connectivity index (χ4v) is 7.09.